The lowest BCUT2D eigenvalue weighted by Crippen LogP contribution is -2.34. The van der Waals surface area contributed by atoms with Crippen molar-refractivity contribution in [3.05, 3.63) is 17.5 Å². The van der Waals surface area contributed by atoms with Gasteiger partial charge in [-0.3, -0.25) is 14.8 Å². The van der Waals surface area contributed by atoms with E-state index in [9.17, 15) is 9.59 Å². The van der Waals surface area contributed by atoms with Gasteiger partial charge < -0.3 is 9.84 Å². The number of amides is 2. The van der Waals surface area contributed by atoms with Crippen LogP contribution in [-0.2, 0) is 11.3 Å². The van der Waals surface area contributed by atoms with Crippen LogP contribution in [0, 0.1) is 5.41 Å². The van der Waals surface area contributed by atoms with E-state index in [4.69, 9.17) is 5.21 Å². The van der Waals surface area contributed by atoms with Crippen LogP contribution in [-0.4, -0.2) is 22.2 Å². The van der Waals surface area contributed by atoms with Gasteiger partial charge in [0, 0.05) is 11.5 Å². The van der Waals surface area contributed by atoms with Crippen molar-refractivity contribution in [3.63, 3.8) is 0 Å². The molecule has 0 unspecified atom stereocenters. The number of nitrogens with zero attached hydrogens (tertiary/aromatic N) is 1. The van der Waals surface area contributed by atoms with Crippen molar-refractivity contribution in [1.82, 2.24) is 16.0 Å². The zero-order chi connectivity index (χ0) is 13.1. The summed E-state index contributed by atoms with van der Waals surface area (Å²) < 4.78 is 4.66. The lowest BCUT2D eigenvalue weighted by atomic mass is 9.96. The van der Waals surface area contributed by atoms with Crippen LogP contribution < -0.4 is 10.8 Å². The number of nitrogens with one attached hydrogen (secondary N) is 2. The van der Waals surface area contributed by atoms with Gasteiger partial charge in [0.25, 0.3) is 0 Å². The molecule has 0 atom stereocenters. The third-order valence-corrected chi connectivity index (χ3v) is 2.00. The maximum atomic E-state index is 11.5. The Balaban J connectivity index is 2.56. The molecule has 1 rings (SSSR count). The van der Waals surface area contributed by atoms with Gasteiger partial charge in [-0.25, -0.2) is 5.48 Å². The molecule has 2 amide bonds. The van der Waals surface area contributed by atoms with Gasteiger partial charge in [-0.15, -0.1) is 0 Å². The average Bonchev–Trinajstić information content (AvgIpc) is 2.72. The van der Waals surface area contributed by atoms with E-state index in [1.807, 2.05) is 0 Å². The van der Waals surface area contributed by atoms with E-state index in [2.05, 4.69) is 15.0 Å². The van der Waals surface area contributed by atoms with Crippen LogP contribution in [0.1, 0.15) is 37.0 Å². The monoisotopic (exact) mass is 241 g/mol. The molecule has 0 aliphatic rings. The molecule has 1 aromatic rings. The predicted octanol–water partition coefficient (Wildman–Crippen LogP) is 0.456. The van der Waals surface area contributed by atoms with Crippen LogP contribution in [0.3, 0.4) is 0 Å². The summed E-state index contributed by atoms with van der Waals surface area (Å²) in [7, 11) is 0. The summed E-state index contributed by atoms with van der Waals surface area (Å²) in [6.07, 6.45) is 0. The number of hydroxylamine groups is 1. The average molecular weight is 241 g/mol. The van der Waals surface area contributed by atoms with Crippen molar-refractivity contribution in [2.24, 2.45) is 5.41 Å². The molecular weight excluding hydrogens is 226 g/mol. The summed E-state index contributed by atoms with van der Waals surface area (Å²) in [5.41, 5.74) is 1.34. The van der Waals surface area contributed by atoms with Crippen molar-refractivity contribution >= 4 is 11.8 Å². The van der Waals surface area contributed by atoms with Crippen molar-refractivity contribution in [2.45, 2.75) is 27.3 Å². The third-order valence-electron chi connectivity index (χ3n) is 2.00. The molecule has 0 aliphatic heterocycles. The summed E-state index contributed by atoms with van der Waals surface area (Å²) >= 11 is 0. The highest BCUT2D eigenvalue weighted by molar-refractivity contribution is 5.90. The van der Waals surface area contributed by atoms with Crippen LogP contribution in [0.2, 0.25) is 0 Å². The zero-order valence-corrected chi connectivity index (χ0v) is 9.90. The maximum Gasteiger partial charge on any atom is 0.313 e. The second-order valence-corrected chi connectivity index (χ2v) is 4.56. The number of rotatable bonds is 3. The molecule has 3 N–H and O–H groups in total. The third kappa shape index (κ3) is 3.56. The quantitative estimate of drug-likeness (QED) is 0.526. The molecule has 0 saturated heterocycles. The van der Waals surface area contributed by atoms with E-state index in [0.717, 1.165) is 0 Å². The first-order chi connectivity index (χ1) is 7.84. The van der Waals surface area contributed by atoms with Gasteiger partial charge in [-0.1, -0.05) is 25.9 Å². The molecule has 1 aromatic heterocycles. The minimum absolute atomic E-state index is 0.118. The molecule has 1 heterocycles. The van der Waals surface area contributed by atoms with Gasteiger partial charge in [0.15, 0.2) is 0 Å². The number of hydrogen-bond donors (Lipinski definition) is 3. The Morgan fingerprint density at radius 3 is 2.65 bits per heavy atom. The molecular formula is C10H15N3O4. The normalized spacial score (nSPS) is 11.1. The molecule has 7 heteroatoms. The molecule has 0 fully saturated rings. The number of hydrogen-bond acceptors (Lipinski definition) is 5. The molecule has 0 saturated carbocycles. The summed E-state index contributed by atoms with van der Waals surface area (Å²) in [5, 5.41) is 14.6. The van der Waals surface area contributed by atoms with E-state index >= 15 is 0 Å². The molecule has 17 heavy (non-hydrogen) atoms. The highest BCUT2D eigenvalue weighted by Gasteiger charge is 2.21. The minimum atomic E-state index is -0.786. The van der Waals surface area contributed by atoms with E-state index in [0.29, 0.717) is 5.69 Å². The fourth-order valence-electron chi connectivity index (χ4n) is 0.993. The summed E-state index contributed by atoms with van der Waals surface area (Å²) in [4.78, 5) is 22.5. The van der Waals surface area contributed by atoms with Gasteiger partial charge in [0.2, 0.25) is 11.7 Å². The highest BCUT2D eigenvalue weighted by Crippen LogP contribution is 2.13. The number of aromatic nitrogens is 1. The molecule has 94 valence electrons. The second-order valence-electron chi connectivity index (χ2n) is 4.56. The Bertz CT molecular complexity index is 419. The van der Waals surface area contributed by atoms with Crippen molar-refractivity contribution in [3.8, 4) is 0 Å². The molecule has 7 nitrogen and oxygen atoms in total. The smallest absolute Gasteiger partial charge is 0.313 e. The lowest BCUT2D eigenvalue weighted by molar-refractivity contribution is -0.128. The molecule has 0 radical (unpaired) electrons. The fraction of sp³-hybridized carbons (Fsp3) is 0.500. The van der Waals surface area contributed by atoms with Gasteiger partial charge in [-0.2, -0.15) is 0 Å². The summed E-state index contributed by atoms with van der Waals surface area (Å²) in [6, 6.07) is 1.34. The largest absolute Gasteiger partial charge is 0.351 e. The Labute approximate surface area is 98.1 Å². The van der Waals surface area contributed by atoms with Gasteiger partial charge in [0.05, 0.1) is 6.54 Å². The van der Waals surface area contributed by atoms with Crippen LogP contribution in [0.25, 0.3) is 0 Å². The zero-order valence-electron chi connectivity index (χ0n) is 9.90. The predicted molar refractivity (Wildman–Crippen MR) is 57.1 cm³/mol. The standard InChI is InChI=1S/C10H15N3O4/c1-10(2,3)9(15)11-5-6-4-7(17-13-6)8(14)12-16/h4,16H,5H2,1-3H3,(H,11,15)(H,12,14). The van der Waals surface area contributed by atoms with Gasteiger partial charge in [0.1, 0.15) is 5.69 Å². The Morgan fingerprint density at radius 2 is 2.12 bits per heavy atom. The van der Waals surface area contributed by atoms with Crippen LogP contribution in [0.15, 0.2) is 10.6 Å². The van der Waals surface area contributed by atoms with Crippen molar-refractivity contribution in [1.29, 1.82) is 0 Å². The Kier molecular flexibility index (Phi) is 3.84. The summed E-state index contributed by atoms with van der Waals surface area (Å²) in [6.45, 7) is 5.53. The van der Waals surface area contributed by atoms with E-state index in [1.165, 1.54) is 11.5 Å². The first-order valence-corrected chi connectivity index (χ1v) is 5.03. The number of carbonyl (C=O) groups is 2. The maximum absolute atomic E-state index is 11.5. The fourth-order valence-corrected chi connectivity index (χ4v) is 0.993. The topological polar surface area (TPSA) is 104 Å². The van der Waals surface area contributed by atoms with E-state index in [1.54, 1.807) is 20.8 Å². The SMILES string of the molecule is CC(C)(C)C(=O)NCc1cc(C(=O)NO)on1. The Morgan fingerprint density at radius 1 is 1.47 bits per heavy atom. The highest BCUT2D eigenvalue weighted by atomic mass is 16.5. The van der Waals surface area contributed by atoms with Crippen LogP contribution in [0.5, 0.6) is 0 Å². The lowest BCUT2D eigenvalue weighted by Gasteiger charge is -2.16. The molecule has 0 aliphatic carbocycles. The summed E-state index contributed by atoms with van der Waals surface area (Å²) in [5.74, 6) is -1.04. The van der Waals surface area contributed by atoms with E-state index in [-0.39, 0.29) is 18.2 Å². The molecule has 0 spiro atoms. The second kappa shape index (κ2) is 4.96. The van der Waals surface area contributed by atoms with Crippen LogP contribution in [0.4, 0.5) is 0 Å². The van der Waals surface area contributed by atoms with Crippen molar-refractivity contribution < 1.29 is 19.3 Å². The van der Waals surface area contributed by atoms with Crippen molar-refractivity contribution in [2.75, 3.05) is 0 Å². The number of carbonyl (C=O) groups excluding carboxylic acids is 2. The van der Waals surface area contributed by atoms with Crippen LogP contribution >= 0.6 is 0 Å². The minimum Gasteiger partial charge on any atom is -0.351 e. The molecule has 0 aromatic carbocycles. The van der Waals surface area contributed by atoms with Gasteiger partial charge >= 0.3 is 5.91 Å². The van der Waals surface area contributed by atoms with E-state index < -0.39 is 11.3 Å². The first kappa shape index (κ1) is 13.2. The van der Waals surface area contributed by atoms with Gasteiger partial charge in [-0.05, 0) is 0 Å². The first-order valence-electron chi connectivity index (χ1n) is 5.03. The molecule has 0 bridgehead atoms. The Hall–Kier alpha value is -1.89.